The number of pyridine rings is 1. The van der Waals surface area contributed by atoms with Gasteiger partial charge in [-0.3, -0.25) is 9.98 Å². The number of aliphatic imine (C=N–C) groups is 1. The Morgan fingerprint density at radius 1 is 1.23 bits per heavy atom. The summed E-state index contributed by atoms with van der Waals surface area (Å²) < 4.78 is 30.8. The Kier molecular flexibility index (Phi) is 4.75. The molecule has 0 saturated carbocycles. The molecule has 1 N–H and O–H groups in total. The third-order valence-corrected chi connectivity index (χ3v) is 6.85. The molecule has 1 aromatic heterocycles. The van der Waals surface area contributed by atoms with Gasteiger partial charge in [-0.25, -0.2) is 8.42 Å². The quantitative estimate of drug-likeness (QED) is 0.886. The van der Waals surface area contributed by atoms with E-state index in [9.17, 15) is 8.42 Å². The number of anilines is 1. The second-order valence-electron chi connectivity index (χ2n) is 6.67. The topological polar surface area (TPSA) is 80.7 Å². The van der Waals surface area contributed by atoms with Crippen LogP contribution in [0.2, 0.25) is 0 Å². The van der Waals surface area contributed by atoms with Crippen molar-refractivity contribution in [2.75, 3.05) is 19.0 Å². The summed E-state index contributed by atoms with van der Waals surface area (Å²) in [6, 6.07) is 5.13. The van der Waals surface area contributed by atoms with Crippen molar-refractivity contribution in [2.45, 2.75) is 37.8 Å². The van der Waals surface area contributed by atoms with E-state index in [2.05, 4.69) is 22.2 Å². The van der Waals surface area contributed by atoms with Crippen LogP contribution in [0.4, 0.5) is 5.69 Å². The maximum atomic E-state index is 12.8. The molecule has 0 unspecified atom stereocenters. The van der Waals surface area contributed by atoms with E-state index in [0.717, 1.165) is 17.1 Å². The first-order chi connectivity index (χ1) is 12.3. The van der Waals surface area contributed by atoms with Gasteiger partial charge in [-0.15, -0.1) is 0 Å². The van der Waals surface area contributed by atoms with Gasteiger partial charge in [0.05, 0.1) is 30.1 Å². The van der Waals surface area contributed by atoms with Crippen LogP contribution in [0.25, 0.3) is 10.9 Å². The Hall–Kier alpha value is -2.41. The first-order valence-corrected chi connectivity index (χ1v) is 9.99. The van der Waals surface area contributed by atoms with E-state index in [-0.39, 0.29) is 4.90 Å². The molecule has 1 aliphatic heterocycles. The Morgan fingerprint density at radius 3 is 2.54 bits per heavy atom. The maximum absolute atomic E-state index is 12.8. The van der Waals surface area contributed by atoms with Crippen LogP contribution in [0.15, 0.2) is 45.4 Å². The van der Waals surface area contributed by atoms with Gasteiger partial charge >= 0.3 is 0 Å². The number of methoxy groups -OCH3 is 1. The number of hydrogen-bond acceptors (Lipinski definition) is 6. The summed E-state index contributed by atoms with van der Waals surface area (Å²) in [4.78, 5) is 9.04. The summed E-state index contributed by atoms with van der Waals surface area (Å²) in [6.45, 7) is 8.07. The summed E-state index contributed by atoms with van der Waals surface area (Å²) in [5.41, 5.74) is 3.76. The lowest BCUT2D eigenvalue weighted by atomic mass is 10.1. The van der Waals surface area contributed by atoms with Gasteiger partial charge < -0.3 is 10.1 Å². The highest BCUT2D eigenvalue weighted by Crippen LogP contribution is 2.34. The fourth-order valence-electron chi connectivity index (χ4n) is 2.80. The zero-order valence-corrected chi connectivity index (χ0v) is 16.4. The molecule has 0 fully saturated rings. The Balaban J connectivity index is 2.18. The Morgan fingerprint density at radius 2 is 1.96 bits per heavy atom. The molecular weight excluding hydrogens is 350 g/mol. The number of aromatic nitrogens is 1. The highest BCUT2D eigenvalue weighted by atomic mass is 32.2. The molecule has 3 rings (SSSR count). The number of hydrogen-bond donors (Lipinski definition) is 1. The van der Waals surface area contributed by atoms with Gasteiger partial charge in [0.2, 0.25) is 0 Å². The van der Waals surface area contributed by atoms with Gasteiger partial charge in [-0.05, 0) is 51.0 Å². The number of amidine groups is 1. The average molecular weight is 373 g/mol. The molecule has 1 aliphatic rings. The van der Waals surface area contributed by atoms with Gasteiger partial charge in [0, 0.05) is 17.6 Å². The van der Waals surface area contributed by atoms with E-state index in [1.807, 2.05) is 13.0 Å². The normalized spacial score (nSPS) is 14.9. The number of fused-ring (bicyclic) bond motifs is 1. The fourth-order valence-corrected chi connectivity index (χ4v) is 4.01. The summed E-state index contributed by atoms with van der Waals surface area (Å²) in [5, 5.41) is 3.49. The summed E-state index contributed by atoms with van der Waals surface area (Å²) >= 11 is 0. The Labute approximate surface area is 153 Å². The second-order valence-corrected chi connectivity index (χ2v) is 9.14. The standard InChI is InChI=1S/C19H23N3O3S/c1-11(2)26(23,24)18-8-14-15(22-19-13(4)12(3)10-21-19)6-7-20-16(14)9-17(18)25-5/h6-9,11H,10H2,1-5H3,(H,20,21,22). The van der Waals surface area contributed by atoms with Crippen LogP contribution in [-0.2, 0) is 9.84 Å². The van der Waals surface area contributed by atoms with Crippen LogP contribution >= 0.6 is 0 Å². The van der Waals surface area contributed by atoms with Crippen LogP contribution < -0.4 is 10.1 Å². The molecule has 2 heterocycles. The molecule has 0 radical (unpaired) electrons. The van der Waals surface area contributed by atoms with Crippen molar-refractivity contribution in [3.8, 4) is 5.75 Å². The van der Waals surface area contributed by atoms with Crippen LogP contribution in [0.5, 0.6) is 5.75 Å². The molecule has 138 valence electrons. The molecule has 0 atom stereocenters. The first-order valence-electron chi connectivity index (χ1n) is 8.44. The second kappa shape index (κ2) is 6.72. The van der Waals surface area contributed by atoms with Crippen molar-refractivity contribution in [3.63, 3.8) is 0 Å². The van der Waals surface area contributed by atoms with Gasteiger partial charge in [-0.1, -0.05) is 0 Å². The minimum atomic E-state index is -3.49. The van der Waals surface area contributed by atoms with Crippen molar-refractivity contribution in [1.29, 1.82) is 0 Å². The van der Waals surface area contributed by atoms with E-state index in [1.54, 1.807) is 32.2 Å². The lowest BCUT2D eigenvalue weighted by Crippen LogP contribution is -2.15. The number of sulfone groups is 1. The molecule has 0 bridgehead atoms. The number of benzene rings is 1. The molecule has 6 nitrogen and oxygen atoms in total. The zero-order valence-electron chi connectivity index (χ0n) is 15.6. The molecule has 0 saturated heterocycles. The lowest BCUT2D eigenvalue weighted by molar-refractivity contribution is 0.403. The SMILES string of the molecule is COc1cc2nccc(NC3=NCC(C)=C3C)c2cc1S(=O)(=O)C(C)C. The minimum Gasteiger partial charge on any atom is -0.495 e. The third-order valence-electron chi connectivity index (χ3n) is 4.68. The van der Waals surface area contributed by atoms with Crippen LogP contribution in [0, 0.1) is 0 Å². The van der Waals surface area contributed by atoms with Crippen molar-refractivity contribution in [1.82, 2.24) is 4.98 Å². The maximum Gasteiger partial charge on any atom is 0.184 e. The number of nitrogens with zero attached hydrogens (tertiary/aromatic N) is 2. The summed E-state index contributed by atoms with van der Waals surface area (Å²) in [5.74, 6) is 1.11. The van der Waals surface area contributed by atoms with Gasteiger partial charge in [0.25, 0.3) is 0 Å². The summed E-state index contributed by atoms with van der Waals surface area (Å²) in [7, 11) is -2.03. The van der Waals surface area contributed by atoms with E-state index in [1.165, 1.54) is 12.7 Å². The fraction of sp³-hybridized carbons (Fsp3) is 0.368. The molecule has 0 aliphatic carbocycles. The average Bonchev–Trinajstić information content (AvgIpc) is 2.92. The third kappa shape index (κ3) is 3.07. The Bertz CT molecular complexity index is 1040. The van der Waals surface area contributed by atoms with E-state index in [0.29, 0.717) is 23.2 Å². The highest BCUT2D eigenvalue weighted by molar-refractivity contribution is 7.92. The van der Waals surface area contributed by atoms with Crippen molar-refractivity contribution in [3.05, 3.63) is 35.5 Å². The van der Waals surface area contributed by atoms with Gasteiger partial charge in [0.1, 0.15) is 16.5 Å². The monoisotopic (exact) mass is 373 g/mol. The lowest BCUT2D eigenvalue weighted by Gasteiger charge is -2.15. The highest BCUT2D eigenvalue weighted by Gasteiger charge is 2.25. The van der Waals surface area contributed by atoms with Crippen molar-refractivity contribution in [2.24, 2.45) is 4.99 Å². The predicted octanol–water partition coefficient (Wildman–Crippen LogP) is 3.59. The largest absolute Gasteiger partial charge is 0.495 e. The predicted molar refractivity (Wildman–Crippen MR) is 105 cm³/mol. The zero-order chi connectivity index (χ0) is 19.1. The molecule has 0 spiro atoms. The van der Waals surface area contributed by atoms with Crippen molar-refractivity contribution >= 4 is 32.3 Å². The smallest absolute Gasteiger partial charge is 0.184 e. The van der Waals surface area contributed by atoms with Gasteiger partial charge in [0.15, 0.2) is 9.84 Å². The molecule has 26 heavy (non-hydrogen) atoms. The van der Waals surface area contributed by atoms with Gasteiger partial charge in [-0.2, -0.15) is 0 Å². The van der Waals surface area contributed by atoms with Crippen LogP contribution in [-0.4, -0.2) is 38.1 Å². The molecule has 7 heteroatoms. The molecule has 0 amide bonds. The molecular formula is C19H23N3O3S. The van der Waals surface area contributed by atoms with Crippen molar-refractivity contribution < 1.29 is 13.2 Å². The number of rotatable bonds is 4. The first kappa shape index (κ1) is 18.4. The van der Waals surface area contributed by atoms with Crippen LogP contribution in [0.3, 0.4) is 0 Å². The minimum absolute atomic E-state index is 0.176. The summed E-state index contributed by atoms with van der Waals surface area (Å²) in [6.07, 6.45) is 1.68. The van der Waals surface area contributed by atoms with E-state index in [4.69, 9.17) is 4.74 Å². The molecule has 2 aromatic rings. The number of ether oxygens (including phenoxy) is 1. The van der Waals surface area contributed by atoms with E-state index < -0.39 is 15.1 Å². The number of nitrogens with one attached hydrogen (secondary N) is 1. The molecule has 1 aromatic carbocycles. The van der Waals surface area contributed by atoms with Crippen LogP contribution in [0.1, 0.15) is 27.7 Å². The van der Waals surface area contributed by atoms with E-state index >= 15 is 0 Å².